The van der Waals surface area contributed by atoms with Crippen molar-refractivity contribution in [1.29, 1.82) is 0 Å². The lowest BCUT2D eigenvalue weighted by Gasteiger charge is -2.57. The average molecular weight is 476 g/mol. The summed E-state index contributed by atoms with van der Waals surface area (Å²) < 4.78 is 0. The SMILES string of the molecule is C[C@]12CCC3C(CCC4=CC(=NOCC(=O)NC(CC(N)=O)C(=O)O)CC[C@@]43C)C1CCC2O. The van der Waals surface area contributed by atoms with Crippen LogP contribution in [0.5, 0.6) is 0 Å². The number of primary amides is 1. The topological polar surface area (TPSA) is 151 Å². The molecule has 0 heterocycles. The van der Waals surface area contributed by atoms with Gasteiger partial charge in [0.15, 0.2) is 6.61 Å². The number of fused-ring (bicyclic) bond motifs is 5. The molecule has 9 nitrogen and oxygen atoms in total. The summed E-state index contributed by atoms with van der Waals surface area (Å²) in [5.74, 6) is -0.911. The Bertz CT molecular complexity index is 916. The van der Waals surface area contributed by atoms with Gasteiger partial charge in [-0.3, -0.25) is 9.59 Å². The number of amides is 2. The molecule has 2 amide bonds. The zero-order valence-electron chi connectivity index (χ0n) is 20.1. The molecular weight excluding hydrogens is 438 g/mol. The van der Waals surface area contributed by atoms with Gasteiger partial charge in [0.2, 0.25) is 5.91 Å². The van der Waals surface area contributed by atoms with Crippen molar-refractivity contribution in [3.8, 4) is 0 Å². The molecule has 7 atom stereocenters. The molecule has 188 valence electrons. The van der Waals surface area contributed by atoms with E-state index in [4.69, 9.17) is 15.7 Å². The number of hydrogen-bond acceptors (Lipinski definition) is 6. The fourth-order valence-electron chi connectivity index (χ4n) is 7.43. The van der Waals surface area contributed by atoms with E-state index < -0.39 is 36.9 Å². The number of allylic oxidation sites excluding steroid dienone is 2. The first-order valence-electron chi connectivity index (χ1n) is 12.4. The molecule has 0 bridgehead atoms. The molecule has 0 aromatic rings. The van der Waals surface area contributed by atoms with E-state index in [0.717, 1.165) is 57.1 Å². The first-order valence-corrected chi connectivity index (χ1v) is 12.4. The van der Waals surface area contributed by atoms with E-state index in [-0.39, 0.29) is 16.9 Å². The summed E-state index contributed by atoms with van der Waals surface area (Å²) in [7, 11) is 0. The van der Waals surface area contributed by atoms with Crippen LogP contribution in [0.1, 0.15) is 71.6 Å². The smallest absolute Gasteiger partial charge is 0.326 e. The predicted octanol–water partition coefficient (Wildman–Crippen LogP) is 2.13. The van der Waals surface area contributed by atoms with Gasteiger partial charge in [0.05, 0.1) is 18.2 Å². The fourth-order valence-corrected chi connectivity index (χ4v) is 7.43. The molecular formula is C25H37N3O6. The van der Waals surface area contributed by atoms with Gasteiger partial charge < -0.3 is 26.1 Å². The van der Waals surface area contributed by atoms with Crippen molar-refractivity contribution in [1.82, 2.24) is 5.32 Å². The molecule has 0 saturated heterocycles. The Kier molecular flexibility index (Phi) is 6.77. The third-order valence-electron chi connectivity index (χ3n) is 9.34. The highest BCUT2D eigenvalue weighted by atomic mass is 16.6. The largest absolute Gasteiger partial charge is 0.480 e. The molecule has 4 aliphatic carbocycles. The van der Waals surface area contributed by atoms with Gasteiger partial charge in [-0.15, -0.1) is 0 Å². The van der Waals surface area contributed by atoms with Gasteiger partial charge >= 0.3 is 5.97 Å². The van der Waals surface area contributed by atoms with E-state index in [0.29, 0.717) is 17.8 Å². The number of carboxylic acid groups (broad SMARTS) is 1. The summed E-state index contributed by atoms with van der Waals surface area (Å²) in [5.41, 5.74) is 7.43. The van der Waals surface area contributed by atoms with Crippen LogP contribution in [0.2, 0.25) is 0 Å². The van der Waals surface area contributed by atoms with Crippen LogP contribution in [0, 0.1) is 28.6 Å². The fraction of sp³-hybridized carbons (Fsp3) is 0.760. The van der Waals surface area contributed by atoms with Gasteiger partial charge in [-0.1, -0.05) is 24.6 Å². The van der Waals surface area contributed by atoms with Crippen LogP contribution in [-0.2, 0) is 19.2 Å². The minimum Gasteiger partial charge on any atom is -0.480 e. The zero-order chi connectivity index (χ0) is 24.7. The van der Waals surface area contributed by atoms with Gasteiger partial charge in [-0.2, -0.15) is 0 Å². The number of nitrogens with two attached hydrogens (primary N) is 1. The van der Waals surface area contributed by atoms with Crippen LogP contribution in [0.3, 0.4) is 0 Å². The molecule has 34 heavy (non-hydrogen) atoms. The Morgan fingerprint density at radius 3 is 2.65 bits per heavy atom. The highest BCUT2D eigenvalue weighted by molar-refractivity contribution is 5.96. The Hall–Kier alpha value is -2.42. The van der Waals surface area contributed by atoms with E-state index in [9.17, 15) is 19.5 Å². The summed E-state index contributed by atoms with van der Waals surface area (Å²) >= 11 is 0. The van der Waals surface area contributed by atoms with Gasteiger partial charge in [-0.05, 0) is 86.0 Å². The number of aliphatic carboxylic acids is 1. The second-order valence-electron chi connectivity index (χ2n) is 11.1. The standard InChI is InChI=1S/C25H37N3O6/c1-24-9-7-15(28-34-13-22(31)27-19(23(32)33)12-21(26)30)11-14(24)3-4-16-17-5-6-20(29)25(17,2)10-8-18(16)24/h11,16-20,29H,3-10,12-13H2,1-2H3,(H2,26,30)(H,27,31)(H,32,33)/t16?,17?,18?,19?,20?,24-,25-/m0/s1. The molecule has 0 aromatic carbocycles. The molecule has 0 spiro atoms. The Balaban J connectivity index is 1.37. The van der Waals surface area contributed by atoms with E-state index in [1.54, 1.807) is 0 Å². The molecule has 5 N–H and O–H groups in total. The second kappa shape index (κ2) is 9.32. The third-order valence-corrected chi connectivity index (χ3v) is 9.34. The summed E-state index contributed by atoms with van der Waals surface area (Å²) in [4.78, 5) is 39.3. The maximum atomic E-state index is 12.0. The predicted molar refractivity (Wildman–Crippen MR) is 124 cm³/mol. The Labute approximate surface area is 200 Å². The van der Waals surface area contributed by atoms with Gasteiger partial charge in [0.25, 0.3) is 5.91 Å². The molecule has 3 saturated carbocycles. The number of oxime groups is 1. The lowest BCUT2D eigenvalue weighted by Crippen LogP contribution is -2.51. The maximum absolute atomic E-state index is 12.0. The molecule has 0 aromatic heterocycles. The van der Waals surface area contributed by atoms with Crippen LogP contribution in [0.15, 0.2) is 16.8 Å². The Morgan fingerprint density at radius 2 is 1.94 bits per heavy atom. The van der Waals surface area contributed by atoms with Crippen molar-refractivity contribution in [3.05, 3.63) is 11.6 Å². The maximum Gasteiger partial charge on any atom is 0.326 e. The minimum atomic E-state index is -1.38. The van der Waals surface area contributed by atoms with Crippen molar-refractivity contribution < 1.29 is 29.4 Å². The third kappa shape index (κ3) is 4.46. The highest BCUT2D eigenvalue weighted by Crippen LogP contribution is 2.65. The summed E-state index contributed by atoms with van der Waals surface area (Å²) in [6, 6.07) is -1.38. The van der Waals surface area contributed by atoms with Crippen LogP contribution >= 0.6 is 0 Å². The molecule has 5 unspecified atom stereocenters. The lowest BCUT2D eigenvalue weighted by molar-refractivity contribution is -0.144. The number of carbonyl (C=O) groups excluding carboxylic acids is 2. The van der Waals surface area contributed by atoms with Crippen molar-refractivity contribution in [2.75, 3.05) is 6.61 Å². The van der Waals surface area contributed by atoms with Crippen LogP contribution in [0.4, 0.5) is 0 Å². The summed E-state index contributed by atoms with van der Waals surface area (Å²) in [6.07, 6.45) is 9.71. The second-order valence-corrected chi connectivity index (χ2v) is 11.1. The summed E-state index contributed by atoms with van der Waals surface area (Å²) in [5, 5.41) is 26.1. The number of carbonyl (C=O) groups is 3. The number of aliphatic hydroxyl groups excluding tert-OH is 1. The molecule has 3 fully saturated rings. The van der Waals surface area contributed by atoms with E-state index >= 15 is 0 Å². The molecule has 0 radical (unpaired) electrons. The molecule has 0 aliphatic heterocycles. The molecule has 4 rings (SSSR count). The number of nitrogens with one attached hydrogen (secondary N) is 1. The van der Waals surface area contributed by atoms with Crippen molar-refractivity contribution >= 4 is 23.5 Å². The van der Waals surface area contributed by atoms with Gasteiger partial charge in [-0.25, -0.2) is 4.79 Å². The number of hydrogen-bond donors (Lipinski definition) is 4. The first kappa shape index (κ1) is 24.7. The van der Waals surface area contributed by atoms with Crippen molar-refractivity contribution in [2.24, 2.45) is 39.5 Å². The van der Waals surface area contributed by atoms with Crippen molar-refractivity contribution in [3.63, 3.8) is 0 Å². The normalized spacial score (nSPS) is 38.7. The van der Waals surface area contributed by atoms with Crippen molar-refractivity contribution in [2.45, 2.75) is 83.8 Å². The number of rotatable bonds is 7. The van der Waals surface area contributed by atoms with Gasteiger partial charge in [0.1, 0.15) is 6.04 Å². The van der Waals surface area contributed by atoms with E-state index in [1.165, 1.54) is 5.57 Å². The van der Waals surface area contributed by atoms with E-state index in [1.807, 2.05) is 0 Å². The number of carboxylic acids is 1. The number of nitrogens with zero attached hydrogens (tertiary/aromatic N) is 1. The van der Waals surface area contributed by atoms with Crippen LogP contribution < -0.4 is 11.1 Å². The lowest BCUT2D eigenvalue weighted by atomic mass is 9.47. The quantitative estimate of drug-likeness (QED) is 0.414. The zero-order valence-corrected chi connectivity index (χ0v) is 20.1. The first-order chi connectivity index (χ1) is 16.0. The highest BCUT2D eigenvalue weighted by Gasteiger charge is 2.58. The minimum absolute atomic E-state index is 0.0749. The average Bonchev–Trinajstić information content (AvgIpc) is 3.07. The summed E-state index contributed by atoms with van der Waals surface area (Å²) in [6.45, 7) is 4.25. The molecule has 4 aliphatic rings. The van der Waals surface area contributed by atoms with Gasteiger partial charge in [0, 0.05) is 0 Å². The van der Waals surface area contributed by atoms with E-state index in [2.05, 4.69) is 30.4 Å². The van der Waals surface area contributed by atoms with Crippen LogP contribution in [-0.4, -0.2) is 52.5 Å². The monoisotopic (exact) mass is 475 g/mol. The number of aliphatic hydroxyl groups is 1. The molecule has 9 heteroatoms. The Morgan fingerprint density at radius 1 is 1.18 bits per heavy atom. The van der Waals surface area contributed by atoms with Crippen LogP contribution in [0.25, 0.3) is 0 Å².